The molecule has 0 aromatic carbocycles. The number of aliphatic hydroxyl groups is 1. The fraction of sp³-hybridized carbons (Fsp3) is 0.636. The maximum atomic E-state index is 12.4. The van der Waals surface area contributed by atoms with Gasteiger partial charge in [-0.25, -0.2) is 8.42 Å². The summed E-state index contributed by atoms with van der Waals surface area (Å²) >= 11 is 1.49. The summed E-state index contributed by atoms with van der Waals surface area (Å²) in [6.07, 6.45) is 0.529. The number of hydrogen-bond donors (Lipinski definition) is 1. The van der Waals surface area contributed by atoms with E-state index in [1.54, 1.807) is 6.92 Å². The second-order valence-electron chi connectivity index (χ2n) is 4.05. The van der Waals surface area contributed by atoms with Crippen LogP contribution in [-0.2, 0) is 10.0 Å². The number of sulfonamides is 1. The quantitative estimate of drug-likeness (QED) is 0.863. The average molecular weight is 277 g/mol. The van der Waals surface area contributed by atoms with Crippen LogP contribution in [0.1, 0.15) is 31.1 Å². The van der Waals surface area contributed by atoms with Crippen LogP contribution in [0.4, 0.5) is 0 Å². The first kappa shape index (κ1) is 14.6. The zero-order chi connectivity index (χ0) is 13.1. The van der Waals surface area contributed by atoms with E-state index < -0.39 is 21.3 Å². The molecule has 0 saturated heterocycles. The standard InChI is InChI=1S/C11H19NO3S2/c1-4-11(10-5-6-16-8-10)17(14,15)12(3)9(2)7-13/h5-6,8-9,11,13H,4,7H2,1-3H3. The van der Waals surface area contributed by atoms with Crippen LogP contribution in [0, 0.1) is 0 Å². The van der Waals surface area contributed by atoms with Crippen LogP contribution in [0.15, 0.2) is 16.8 Å². The zero-order valence-electron chi connectivity index (χ0n) is 10.3. The largest absolute Gasteiger partial charge is 0.395 e. The molecule has 1 aromatic rings. The summed E-state index contributed by atoms with van der Waals surface area (Å²) in [6.45, 7) is 3.38. The highest BCUT2D eigenvalue weighted by Gasteiger charge is 2.32. The van der Waals surface area contributed by atoms with Crippen molar-refractivity contribution in [1.29, 1.82) is 0 Å². The van der Waals surface area contributed by atoms with Gasteiger partial charge in [-0.15, -0.1) is 0 Å². The maximum absolute atomic E-state index is 12.4. The molecule has 0 aliphatic heterocycles. The van der Waals surface area contributed by atoms with E-state index in [-0.39, 0.29) is 6.61 Å². The van der Waals surface area contributed by atoms with Crippen LogP contribution >= 0.6 is 11.3 Å². The van der Waals surface area contributed by atoms with Crippen molar-refractivity contribution in [1.82, 2.24) is 4.31 Å². The average Bonchev–Trinajstić information content (AvgIpc) is 2.81. The van der Waals surface area contributed by atoms with E-state index in [0.29, 0.717) is 6.42 Å². The van der Waals surface area contributed by atoms with Crippen molar-refractivity contribution in [2.75, 3.05) is 13.7 Å². The second-order valence-corrected chi connectivity index (χ2v) is 7.00. The topological polar surface area (TPSA) is 57.6 Å². The Morgan fingerprint density at radius 3 is 2.59 bits per heavy atom. The molecule has 2 unspecified atom stereocenters. The third-order valence-corrected chi connectivity index (χ3v) is 6.12. The molecule has 2 atom stereocenters. The molecule has 0 saturated carbocycles. The third kappa shape index (κ3) is 3.07. The van der Waals surface area contributed by atoms with Crippen molar-refractivity contribution < 1.29 is 13.5 Å². The van der Waals surface area contributed by atoms with Gasteiger partial charge in [0.25, 0.3) is 0 Å². The van der Waals surface area contributed by atoms with Gasteiger partial charge in [0, 0.05) is 13.1 Å². The van der Waals surface area contributed by atoms with Gasteiger partial charge in [-0.2, -0.15) is 15.6 Å². The van der Waals surface area contributed by atoms with Gasteiger partial charge in [0.2, 0.25) is 10.0 Å². The van der Waals surface area contributed by atoms with Gasteiger partial charge in [0.15, 0.2) is 0 Å². The minimum atomic E-state index is -3.41. The molecular formula is C11H19NO3S2. The van der Waals surface area contributed by atoms with E-state index >= 15 is 0 Å². The molecule has 0 amide bonds. The van der Waals surface area contributed by atoms with Gasteiger partial charge in [-0.05, 0) is 35.7 Å². The van der Waals surface area contributed by atoms with E-state index in [4.69, 9.17) is 5.11 Å². The van der Waals surface area contributed by atoms with Crippen LogP contribution in [-0.4, -0.2) is 37.5 Å². The van der Waals surface area contributed by atoms with Crippen LogP contribution in [0.3, 0.4) is 0 Å². The fourth-order valence-corrected chi connectivity index (χ4v) is 4.32. The summed E-state index contributed by atoms with van der Waals surface area (Å²) in [5.41, 5.74) is 0.828. The normalized spacial score (nSPS) is 16.1. The number of likely N-dealkylation sites (N-methyl/N-ethyl adjacent to an activating group) is 1. The summed E-state index contributed by atoms with van der Waals surface area (Å²) in [6, 6.07) is 1.45. The monoisotopic (exact) mass is 277 g/mol. The first-order valence-corrected chi connectivity index (χ1v) is 7.99. The lowest BCUT2D eigenvalue weighted by Gasteiger charge is -2.27. The van der Waals surface area contributed by atoms with Crippen LogP contribution in [0.2, 0.25) is 0 Å². The van der Waals surface area contributed by atoms with Gasteiger partial charge in [0.1, 0.15) is 5.25 Å². The maximum Gasteiger partial charge on any atom is 0.221 e. The Morgan fingerprint density at radius 2 is 2.18 bits per heavy atom. The van der Waals surface area contributed by atoms with Gasteiger partial charge in [-0.3, -0.25) is 0 Å². The highest BCUT2D eigenvalue weighted by molar-refractivity contribution is 7.89. The lowest BCUT2D eigenvalue weighted by atomic mass is 10.2. The minimum Gasteiger partial charge on any atom is -0.395 e. The van der Waals surface area contributed by atoms with Crippen molar-refractivity contribution >= 4 is 21.4 Å². The van der Waals surface area contributed by atoms with E-state index in [1.165, 1.54) is 22.7 Å². The molecule has 1 aromatic heterocycles. The predicted octanol–water partition coefficient (Wildman–Crippen LogP) is 1.84. The van der Waals surface area contributed by atoms with E-state index in [2.05, 4.69) is 0 Å². The summed E-state index contributed by atoms with van der Waals surface area (Å²) in [4.78, 5) is 0. The van der Waals surface area contributed by atoms with Crippen molar-refractivity contribution in [3.05, 3.63) is 22.4 Å². The van der Waals surface area contributed by atoms with Gasteiger partial charge < -0.3 is 5.11 Å². The molecule has 98 valence electrons. The molecule has 6 heteroatoms. The van der Waals surface area contributed by atoms with Crippen molar-refractivity contribution in [2.45, 2.75) is 31.6 Å². The first-order valence-electron chi connectivity index (χ1n) is 5.54. The molecule has 0 fully saturated rings. The van der Waals surface area contributed by atoms with Gasteiger partial charge >= 0.3 is 0 Å². The summed E-state index contributed by atoms with van der Waals surface area (Å²) < 4.78 is 26.0. The molecule has 17 heavy (non-hydrogen) atoms. The summed E-state index contributed by atoms with van der Waals surface area (Å²) in [5.74, 6) is 0. The van der Waals surface area contributed by atoms with E-state index in [0.717, 1.165) is 5.56 Å². The van der Waals surface area contributed by atoms with Gasteiger partial charge in [0.05, 0.1) is 6.61 Å². The highest BCUT2D eigenvalue weighted by Crippen LogP contribution is 2.30. The highest BCUT2D eigenvalue weighted by atomic mass is 32.2. The van der Waals surface area contributed by atoms with Crippen LogP contribution in [0.25, 0.3) is 0 Å². The molecule has 0 spiro atoms. The fourth-order valence-electron chi connectivity index (χ4n) is 1.64. The Labute approximate surface area is 107 Å². The lowest BCUT2D eigenvalue weighted by molar-refractivity contribution is 0.213. The molecule has 0 aliphatic carbocycles. The second kappa shape index (κ2) is 5.95. The molecule has 1 heterocycles. The van der Waals surface area contributed by atoms with Crippen molar-refractivity contribution in [2.24, 2.45) is 0 Å². The smallest absolute Gasteiger partial charge is 0.221 e. The van der Waals surface area contributed by atoms with Crippen LogP contribution < -0.4 is 0 Å². The molecular weight excluding hydrogens is 258 g/mol. The number of thiophene rings is 1. The number of aliphatic hydroxyl groups excluding tert-OH is 1. The Hall–Kier alpha value is -0.430. The minimum absolute atomic E-state index is 0.171. The molecule has 0 bridgehead atoms. The molecule has 0 aliphatic rings. The van der Waals surface area contributed by atoms with E-state index in [1.807, 2.05) is 23.8 Å². The molecule has 1 N–H and O–H groups in total. The Balaban J connectivity index is 3.03. The first-order chi connectivity index (χ1) is 7.95. The Kier molecular flexibility index (Phi) is 5.12. The van der Waals surface area contributed by atoms with Gasteiger partial charge in [-0.1, -0.05) is 6.92 Å². The molecule has 4 nitrogen and oxygen atoms in total. The number of hydrogen-bond acceptors (Lipinski definition) is 4. The van der Waals surface area contributed by atoms with Crippen molar-refractivity contribution in [3.8, 4) is 0 Å². The third-order valence-electron chi connectivity index (χ3n) is 2.93. The summed E-state index contributed by atoms with van der Waals surface area (Å²) in [5, 5.41) is 12.3. The predicted molar refractivity (Wildman–Crippen MR) is 70.6 cm³/mol. The number of rotatable bonds is 6. The van der Waals surface area contributed by atoms with E-state index in [9.17, 15) is 8.42 Å². The zero-order valence-corrected chi connectivity index (χ0v) is 12.0. The van der Waals surface area contributed by atoms with Crippen LogP contribution in [0.5, 0.6) is 0 Å². The summed E-state index contributed by atoms with van der Waals surface area (Å²) in [7, 11) is -1.89. The molecule has 1 rings (SSSR count). The Morgan fingerprint density at radius 1 is 1.53 bits per heavy atom. The lowest BCUT2D eigenvalue weighted by Crippen LogP contribution is -2.39. The SMILES string of the molecule is CCC(c1ccsc1)S(=O)(=O)N(C)C(C)CO. The number of nitrogens with zero attached hydrogens (tertiary/aromatic N) is 1. The Bertz CT molecular complexity index is 428. The van der Waals surface area contributed by atoms with Crippen molar-refractivity contribution in [3.63, 3.8) is 0 Å². The molecule has 0 radical (unpaired) electrons.